The van der Waals surface area contributed by atoms with Gasteiger partial charge in [-0.05, 0) is 25.8 Å². The van der Waals surface area contributed by atoms with Gasteiger partial charge in [0.2, 0.25) is 11.8 Å². The van der Waals surface area contributed by atoms with E-state index in [1.165, 1.54) is 0 Å². The SMILES string of the molecule is CCNC(CC)c1nnc(C2CCCO2)o1. The summed E-state index contributed by atoms with van der Waals surface area (Å²) in [5.74, 6) is 1.30. The van der Waals surface area contributed by atoms with Gasteiger partial charge in [-0.15, -0.1) is 10.2 Å². The first-order chi connectivity index (χ1) is 7.85. The Morgan fingerprint density at radius 3 is 2.94 bits per heavy atom. The van der Waals surface area contributed by atoms with Gasteiger partial charge in [-0.25, -0.2) is 0 Å². The maximum Gasteiger partial charge on any atom is 0.245 e. The molecule has 1 aromatic heterocycles. The molecule has 0 aromatic carbocycles. The van der Waals surface area contributed by atoms with Crippen LogP contribution in [0.4, 0.5) is 0 Å². The molecule has 1 saturated heterocycles. The van der Waals surface area contributed by atoms with Gasteiger partial charge in [0.1, 0.15) is 6.10 Å². The summed E-state index contributed by atoms with van der Waals surface area (Å²) < 4.78 is 11.2. The van der Waals surface area contributed by atoms with Crippen LogP contribution in [-0.2, 0) is 4.74 Å². The van der Waals surface area contributed by atoms with Crippen LogP contribution in [-0.4, -0.2) is 23.3 Å². The Bertz CT molecular complexity index is 321. The molecule has 5 heteroatoms. The zero-order valence-electron chi connectivity index (χ0n) is 9.90. The van der Waals surface area contributed by atoms with E-state index in [9.17, 15) is 0 Å². The summed E-state index contributed by atoms with van der Waals surface area (Å²) >= 11 is 0. The Morgan fingerprint density at radius 1 is 1.44 bits per heavy atom. The fourth-order valence-electron chi connectivity index (χ4n) is 1.94. The zero-order valence-corrected chi connectivity index (χ0v) is 9.90. The second-order valence-electron chi connectivity index (χ2n) is 4.00. The Labute approximate surface area is 95.6 Å². The molecule has 1 fully saturated rings. The molecule has 0 radical (unpaired) electrons. The number of rotatable bonds is 5. The average Bonchev–Trinajstić information content (AvgIpc) is 2.95. The van der Waals surface area contributed by atoms with E-state index in [-0.39, 0.29) is 12.1 Å². The lowest BCUT2D eigenvalue weighted by Gasteiger charge is -2.10. The van der Waals surface area contributed by atoms with Crippen molar-refractivity contribution in [2.24, 2.45) is 0 Å². The number of hydrogen-bond donors (Lipinski definition) is 1. The van der Waals surface area contributed by atoms with E-state index < -0.39 is 0 Å². The molecule has 0 aliphatic carbocycles. The van der Waals surface area contributed by atoms with E-state index in [0.29, 0.717) is 11.8 Å². The summed E-state index contributed by atoms with van der Waals surface area (Å²) in [6, 6.07) is 0.160. The van der Waals surface area contributed by atoms with Gasteiger partial charge in [0.15, 0.2) is 0 Å². The first kappa shape index (κ1) is 11.5. The van der Waals surface area contributed by atoms with Crippen LogP contribution in [0.3, 0.4) is 0 Å². The molecule has 5 nitrogen and oxygen atoms in total. The highest BCUT2D eigenvalue weighted by Gasteiger charge is 2.25. The van der Waals surface area contributed by atoms with Gasteiger partial charge in [-0.1, -0.05) is 13.8 Å². The zero-order chi connectivity index (χ0) is 11.4. The van der Waals surface area contributed by atoms with Crippen LogP contribution in [0.5, 0.6) is 0 Å². The van der Waals surface area contributed by atoms with Gasteiger partial charge in [-0.3, -0.25) is 0 Å². The maximum absolute atomic E-state index is 5.66. The number of hydrogen-bond acceptors (Lipinski definition) is 5. The average molecular weight is 225 g/mol. The van der Waals surface area contributed by atoms with Crippen molar-refractivity contribution in [3.63, 3.8) is 0 Å². The van der Waals surface area contributed by atoms with E-state index in [1.807, 2.05) is 0 Å². The molecule has 2 rings (SSSR count). The highest BCUT2D eigenvalue weighted by Crippen LogP contribution is 2.28. The number of aromatic nitrogens is 2. The summed E-state index contributed by atoms with van der Waals surface area (Å²) in [4.78, 5) is 0. The van der Waals surface area contributed by atoms with Crippen molar-refractivity contribution in [1.29, 1.82) is 0 Å². The van der Waals surface area contributed by atoms with Crippen LogP contribution in [0.1, 0.15) is 57.0 Å². The molecule has 90 valence electrons. The van der Waals surface area contributed by atoms with Gasteiger partial charge in [0.25, 0.3) is 0 Å². The highest BCUT2D eigenvalue weighted by atomic mass is 16.5. The Hall–Kier alpha value is -0.940. The minimum atomic E-state index is 0.0142. The Kier molecular flexibility index (Phi) is 3.90. The summed E-state index contributed by atoms with van der Waals surface area (Å²) in [6.45, 7) is 5.87. The summed E-state index contributed by atoms with van der Waals surface area (Å²) in [7, 11) is 0. The molecule has 1 aliphatic heterocycles. The molecule has 2 unspecified atom stereocenters. The monoisotopic (exact) mass is 225 g/mol. The van der Waals surface area contributed by atoms with Crippen LogP contribution in [0, 0.1) is 0 Å². The smallest absolute Gasteiger partial charge is 0.245 e. The molecule has 1 aromatic rings. The van der Waals surface area contributed by atoms with Crippen molar-refractivity contribution >= 4 is 0 Å². The molecule has 2 atom stereocenters. The van der Waals surface area contributed by atoms with Crippen LogP contribution in [0.2, 0.25) is 0 Å². The number of nitrogens with zero attached hydrogens (tertiary/aromatic N) is 2. The third kappa shape index (κ3) is 2.41. The number of ether oxygens (including phenoxy) is 1. The van der Waals surface area contributed by atoms with E-state index in [2.05, 4.69) is 29.4 Å². The van der Waals surface area contributed by atoms with Crippen molar-refractivity contribution in [3.8, 4) is 0 Å². The van der Waals surface area contributed by atoms with E-state index in [1.54, 1.807) is 0 Å². The predicted molar refractivity (Wildman–Crippen MR) is 58.9 cm³/mol. The summed E-state index contributed by atoms with van der Waals surface area (Å²) in [5, 5.41) is 11.5. The lowest BCUT2D eigenvalue weighted by Crippen LogP contribution is -2.20. The largest absolute Gasteiger partial charge is 0.421 e. The second-order valence-corrected chi connectivity index (χ2v) is 4.00. The first-order valence-corrected chi connectivity index (χ1v) is 6.03. The van der Waals surface area contributed by atoms with Gasteiger partial charge < -0.3 is 14.5 Å². The van der Waals surface area contributed by atoms with Crippen molar-refractivity contribution < 1.29 is 9.15 Å². The molecule has 1 aliphatic rings. The molecule has 2 heterocycles. The van der Waals surface area contributed by atoms with Crippen molar-refractivity contribution in [3.05, 3.63) is 11.8 Å². The van der Waals surface area contributed by atoms with Crippen LogP contribution < -0.4 is 5.32 Å². The van der Waals surface area contributed by atoms with Gasteiger partial charge in [0.05, 0.1) is 6.04 Å². The minimum Gasteiger partial charge on any atom is -0.421 e. The van der Waals surface area contributed by atoms with E-state index >= 15 is 0 Å². The maximum atomic E-state index is 5.66. The third-order valence-corrected chi connectivity index (χ3v) is 2.82. The Balaban J connectivity index is 2.05. The van der Waals surface area contributed by atoms with Crippen LogP contribution in [0.25, 0.3) is 0 Å². The molecule has 16 heavy (non-hydrogen) atoms. The lowest BCUT2D eigenvalue weighted by atomic mass is 10.2. The fraction of sp³-hybridized carbons (Fsp3) is 0.818. The van der Waals surface area contributed by atoms with Crippen LogP contribution >= 0.6 is 0 Å². The Morgan fingerprint density at radius 2 is 2.31 bits per heavy atom. The summed E-state index contributed by atoms with van der Waals surface area (Å²) in [6.07, 6.45) is 3.02. The lowest BCUT2D eigenvalue weighted by molar-refractivity contribution is 0.0873. The van der Waals surface area contributed by atoms with Gasteiger partial charge >= 0.3 is 0 Å². The second kappa shape index (κ2) is 5.41. The summed E-state index contributed by atoms with van der Waals surface area (Å²) in [5.41, 5.74) is 0. The van der Waals surface area contributed by atoms with Crippen molar-refractivity contribution in [2.75, 3.05) is 13.2 Å². The molecular formula is C11H19N3O2. The normalized spacial score (nSPS) is 22.5. The molecule has 0 amide bonds. The van der Waals surface area contributed by atoms with E-state index in [4.69, 9.17) is 9.15 Å². The molecular weight excluding hydrogens is 206 g/mol. The van der Waals surface area contributed by atoms with Crippen molar-refractivity contribution in [2.45, 2.75) is 45.3 Å². The quantitative estimate of drug-likeness (QED) is 0.830. The highest BCUT2D eigenvalue weighted by molar-refractivity contribution is 4.93. The standard InChI is InChI=1S/C11H19N3O2/c1-3-8(12-4-2)10-13-14-11(16-10)9-6-5-7-15-9/h8-9,12H,3-7H2,1-2H3. The predicted octanol–water partition coefficient (Wildman–Crippen LogP) is 1.98. The first-order valence-electron chi connectivity index (χ1n) is 6.03. The topological polar surface area (TPSA) is 60.2 Å². The van der Waals surface area contributed by atoms with Crippen molar-refractivity contribution in [1.82, 2.24) is 15.5 Å². The van der Waals surface area contributed by atoms with Gasteiger partial charge in [0, 0.05) is 6.61 Å². The molecule has 0 spiro atoms. The van der Waals surface area contributed by atoms with Gasteiger partial charge in [-0.2, -0.15) is 0 Å². The number of nitrogens with one attached hydrogen (secondary N) is 1. The third-order valence-electron chi connectivity index (χ3n) is 2.82. The molecule has 0 saturated carbocycles. The van der Waals surface area contributed by atoms with Crippen LogP contribution in [0.15, 0.2) is 4.42 Å². The fourth-order valence-corrected chi connectivity index (χ4v) is 1.94. The molecule has 0 bridgehead atoms. The molecule has 1 N–H and O–H groups in total. The minimum absolute atomic E-state index is 0.0142. The van der Waals surface area contributed by atoms with E-state index in [0.717, 1.165) is 32.4 Å².